The third-order valence-corrected chi connectivity index (χ3v) is 5.18. The molecule has 0 aliphatic heterocycles. The number of aliphatic hydroxyl groups excluding tert-OH is 1. The summed E-state index contributed by atoms with van der Waals surface area (Å²) in [5.74, 6) is 0. The molecule has 1 atom stereocenters. The lowest BCUT2D eigenvalue weighted by Crippen LogP contribution is -2.23. The Morgan fingerprint density at radius 1 is 0.889 bits per heavy atom. The fraction of sp³-hybridized carbons (Fsp3) is 0.250. The molecular formula is C16H15BrO. The van der Waals surface area contributed by atoms with Crippen molar-refractivity contribution in [3.63, 3.8) is 0 Å². The lowest BCUT2D eigenvalue weighted by atomic mass is 9.86. The summed E-state index contributed by atoms with van der Waals surface area (Å²) in [5, 5.41) is 9.68. The maximum absolute atomic E-state index is 9.68. The molecule has 1 nitrogen and oxygen atoms in total. The summed E-state index contributed by atoms with van der Waals surface area (Å²) in [6, 6.07) is 20.9. The van der Waals surface area contributed by atoms with Gasteiger partial charge < -0.3 is 5.11 Å². The standard InChI is InChI=1S/C16H15BrO/c17-15(12-18)11-16(15,13-7-3-1-4-8-13)14-9-5-2-6-10-14/h1-10,18H,11-12H2/t15-/m1/s1. The number of alkyl halides is 1. The first kappa shape index (κ1) is 11.9. The lowest BCUT2D eigenvalue weighted by molar-refractivity contribution is 0.283. The molecule has 2 heteroatoms. The van der Waals surface area contributed by atoms with Crippen LogP contribution in [0.5, 0.6) is 0 Å². The highest BCUT2D eigenvalue weighted by molar-refractivity contribution is 9.10. The van der Waals surface area contributed by atoms with E-state index in [1.807, 2.05) is 12.1 Å². The van der Waals surface area contributed by atoms with Crippen molar-refractivity contribution >= 4 is 15.9 Å². The molecule has 0 radical (unpaired) electrons. The summed E-state index contributed by atoms with van der Waals surface area (Å²) in [5.41, 5.74) is 2.44. The Morgan fingerprint density at radius 2 is 1.33 bits per heavy atom. The van der Waals surface area contributed by atoms with Crippen molar-refractivity contribution in [2.75, 3.05) is 6.61 Å². The van der Waals surface area contributed by atoms with Gasteiger partial charge >= 0.3 is 0 Å². The van der Waals surface area contributed by atoms with Crippen LogP contribution in [0.15, 0.2) is 60.7 Å². The van der Waals surface area contributed by atoms with Gasteiger partial charge in [0.1, 0.15) is 0 Å². The van der Waals surface area contributed by atoms with E-state index in [9.17, 15) is 5.11 Å². The van der Waals surface area contributed by atoms with Crippen molar-refractivity contribution in [2.45, 2.75) is 16.2 Å². The molecule has 3 rings (SSSR count). The van der Waals surface area contributed by atoms with Crippen LogP contribution in [0.2, 0.25) is 0 Å². The zero-order chi connectivity index (χ0) is 12.6. The molecule has 0 aromatic heterocycles. The van der Waals surface area contributed by atoms with Gasteiger partial charge in [-0.25, -0.2) is 0 Å². The fourth-order valence-corrected chi connectivity index (χ4v) is 3.78. The summed E-state index contributed by atoms with van der Waals surface area (Å²) >= 11 is 3.74. The van der Waals surface area contributed by atoms with E-state index in [1.54, 1.807) is 0 Å². The van der Waals surface area contributed by atoms with Crippen molar-refractivity contribution in [3.8, 4) is 0 Å². The van der Waals surface area contributed by atoms with Gasteiger partial charge in [0.05, 0.1) is 10.9 Å². The maximum Gasteiger partial charge on any atom is 0.0637 e. The molecule has 1 fully saturated rings. The van der Waals surface area contributed by atoms with Gasteiger partial charge in [0.25, 0.3) is 0 Å². The van der Waals surface area contributed by atoms with Crippen molar-refractivity contribution in [1.82, 2.24) is 0 Å². The van der Waals surface area contributed by atoms with E-state index < -0.39 is 0 Å². The number of aliphatic hydroxyl groups is 1. The normalized spacial score (nSPS) is 24.8. The third-order valence-electron chi connectivity index (χ3n) is 3.97. The minimum Gasteiger partial charge on any atom is -0.395 e. The SMILES string of the molecule is OC[C@]1(Br)CC1(c1ccccc1)c1ccccc1. The first-order chi connectivity index (χ1) is 8.73. The predicted octanol–water partition coefficient (Wildman–Crippen LogP) is 3.50. The Hall–Kier alpha value is -1.12. The average Bonchev–Trinajstić information content (AvgIpc) is 3.09. The summed E-state index contributed by atoms with van der Waals surface area (Å²) in [6.45, 7) is 0.150. The summed E-state index contributed by atoms with van der Waals surface area (Å²) in [7, 11) is 0. The lowest BCUT2D eigenvalue weighted by Gasteiger charge is -2.22. The van der Waals surface area contributed by atoms with Crippen LogP contribution in [-0.2, 0) is 5.41 Å². The Labute approximate surface area is 116 Å². The molecule has 18 heavy (non-hydrogen) atoms. The van der Waals surface area contributed by atoms with Crippen molar-refractivity contribution in [3.05, 3.63) is 71.8 Å². The Balaban J connectivity index is 2.14. The van der Waals surface area contributed by atoms with Gasteiger partial charge in [-0.2, -0.15) is 0 Å². The van der Waals surface area contributed by atoms with Crippen molar-refractivity contribution < 1.29 is 5.11 Å². The molecule has 0 bridgehead atoms. The van der Waals surface area contributed by atoms with Gasteiger partial charge in [0.15, 0.2) is 0 Å². The van der Waals surface area contributed by atoms with Gasteiger partial charge in [0, 0.05) is 5.41 Å². The van der Waals surface area contributed by atoms with Crippen LogP contribution in [0.4, 0.5) is 0 Å². The van der Waals surface area contributed by atoms with Crippen molar-refractivity contribution in [2.24, 2.45) is 0 Å². The minimum atomic E-state index is -0.220. The van der Waals surface area contributed by atoms with Crippen LogP contribution in [-0.4, -0.2) is 16.0 Å². The molecule has 0 saturated heterocycles. The van der Waals surface area contributed by atoms with Crippen LogP contribution >= 0.6 is 15.9 Å². The molecule has 0 heterocycles. The molecule has 0 spiro atoms. The number of rotatable bonds is 3. The zero-order valence-electron chi connectivity index (χ0n) is 10.0. The second kappa shape index (κ2) is 4.22. The largest absolute Gasteiger partial charge is 0.395 e. The highest BCUT2D eigenvalue weighted by Gasteiger charge is 2.67. The van der Waals surface area contributed by atoms with Gasteiger partial charge in [0.2, 0.25) is 0 Å². The minimum absolute atomic E-state index is 0.0930. The summed E-state index contributed by atoms with van der Waals surface area (Å²) in [4.78, 5) is 0. The number of hydrogen-bond donors (Lipinski definition) is 1. The molecular weight excluding hydrogens is 288 g/mol. The molecule has 0 amide bonds. The molecule has 92 valence electrons. The van der Waals surface area contributed by atoms with Gasteiger partial charge in [-0.15, -0.1) is 0 Å². The monoisotopic (exact) mass is 302 g/mol. The van der Waals surface area contributed by atoms with E-state index in [2.05, 4.69) is 64.5 Å². The Bertz CT molecular complexity index is 498. The third kappa shape index (κ3) is 1.56. The van der Waals surface area contributed by atoms with E-state index in [0.717, 1.165) is 6.42 Å². The topological polar surface area (TPSA) is 20.2 Å². The van der Waals surface area contributed by atoms with Crippen LogP contribution < -0.4 is 0 Å². The molecule has 2 aromatic carbocycles. The van der Waals surface area contributed by atoms with E-state index in [-0.39, 0.29) is 16.3 Å². The summed E-state index contributed by atoms with van der Waals surface area (Å²) < 4.78 is -0.220. The Kier molecular flexibility index (Phi) is 2.80. The second-order valence-corrected chi connectivity index (χ2v) is 6.46. The van der Waals surface area contributed by atoms with Crippen LogP contribution in [0.3, 0.4) is 0 Å². The maximum atomic E-state index is 9.68. The Morgan fingerprint density at radius 3 is 1.67 bits per heavy atom. The zero-order valence-corrected chi connectivity index (χ0v) is 11.6. The van der Waals surface area contributed by atoms with E-state index in [4.69, 9.17) is 0 Å². The number of hydrogen-bond acceptors (Lipinski definition) is 1. The first-order valence-electron chi connectivity index (χ1n) is 6.14. The van der Waals surface area contributed by atoms with E-state index in [1.165, 1.54) is 11.1 Å². The van der Waals surface area contributed by atoms with Gasteiger partial charge in [-0.3, -0.25) is 0 Å². The highest BCUT2D eigenvalue weighted by Crippen LogP contribution is 2.66. The van der Waals surface area contributed by atoms with Crippen LogP contribution in [0.25, 0.3) is 0 Å². The van der Waals surface area contributed by atoms with Crippen LogP contribution in [0, 0.1) is 0 Å². The number of halogens is 1. The number of benzene rings is 2. The first-order valence-corrected chi connectivity index (χ1v) is 6.93. The second-order valence-electron chi connectivity index (χ2n) is 4.94. The van der Waals surface area contributed by atoms with Crippen LogP contribution in [0.1, 0.15) is 17.5 Å². The molecule has 1 N–H and O–H groups in total. The molecule has 2 aromatic rings. The van der Waals surface area contributed by atoms with Gasteiger partial charge in [-0.1, -0.05) is 76.6 Å². The highest BCUT2D eigenvalue weighted by atomic mass is 79.9. The summed E-state index contributed by atoms with van der Waals surface area (Å²) in [6.07, 6.45) is 0.935. The fourth-order valence-electron chi connectivity index (χ4n) is 2.90. The van der Waals surface area contributed by atoms with E-state index >= 15 is 0 Å². The molecule has 1 aliphatic carbocycles. The van der Waals surface area contributed by atoms with Gasteiger partial charge in [-0.05, 0) is 17.5 Å². The smallest absolute Gasteiger partial charge is 0.0637 e. The molecule has 0 unspecified atom stereocenters. The average molecular weight is 303 g/mol. The molecule has 1 saturated carbocycles. The predicted molar refractivity (Wildman–Crippen MR) is 77.0 cm³/mol. The molecule has 1 aliphatic rings. The quantitative estimate of drug-likeness (QED) is 0.861. The van der Waals surface area contributed by atoms with Crippen molar-refractivity contribution in [1.29, 1.82) is 0 Å². The van der Waals surface area contributed by atoms with E-state index in [0.29, 0.717) is 0 Å².